The van der Waals surface area contributed by atoms with Crippen LogP contribution in [0.1, 0.15) is 28.9 Å². The smallest absolute Gasteiger partial charge is 0.261 e. The molecule has 1 fully saturated rings. The summed E-state index contributed by atoms with van der Waals surface area (Å²) < 4.78 is 72.1. The Morgan fingerprint density at radius 1 is 0.950 bits per heavy atom. The standard InChI is InChI=1S/C28H21F5N6O/c1-15-14-39-24-17(13-34-27(37-24)38-9-7-28(32,33)8-10-38)11-18(25(39)35-15)16-5-6-22(21(31)12-16)36-26(40)23-19(29)3-2-4-20(23)30/h2-6,11-14H,7-10H2,1H3,(H,36,40). The number of pyridine rings is 1. The van der Waals surface area contributed by atoms with Crippen molar-refractivity contribution in [1.29, 1.82) is 0 Å². The van der Waals surface area contributed by atoms with Gasteiger partial charge in [-0.2, -0.15) is 4.98 Å². The lowest BCUT2D eigenvalue weighted by molar-refractivity contribution is -0.0222. The number of benzene rings is 2. The van der Waals surface area contributed by atoms with E-state index in [0.717, 1.165) is 18.2 Å². The lowest BCUT2D eigenvalue weighted by Crippen LogP contribution is -2.40. The minimum atomic E-state index is -2.70. The van der Waals surface area contributed by atoms with E-state index in [9.17, 15) is 22.4 Å². The Morgan fingerprint density at radius 3 is 2.38 bits per heavy atom. The van der Waals surface area contributed by atoms with Crippen LogP contribution in [0.5, 0.6) is 0 Å². The minimum absolute atomic E-state index is 0.133. The van der Waals surface area contributed by atoms with Crippen LogP contribution in [0.15, 0.2) is 54.9 Å². The number of nitrogens with one attached hydrogen (secondary N) is 1. The number of fused-ring (bicyclic) bond motifs is 3. The molecule has 6 rings (SSSR count). The predicted molar refractivity (Wildman–Crippen MR) is 139 cm³/mol. The van der Waals surface area contributed by atoms with Gasteiger partial charge in [0.05, 0.1) is 11.4 Å². The average molecular weight is 553 g/mol. The summed E-state index contributed by atoms with van der Waals surface area (Å²) in [6.07, 6.45) is 2.79. The average Bonchev–Trinajstić information content (AvgIpc) is 3.31. The van der Waals surface area contributed by atoms with E-state index in [1.807, 2.05) is 0 Å². The van der Waals surface area contributed by atoms with Crippen molar-refractivity contribution in [2.75, 3.05) is 23.3 Å². The molecule has 40 heavy (non-hydrogen) atoms. The molecule has 7 nitrogen and oxygen atoms in total. The summed E-state index contributed by atoms with van der Waals surface area (Å²) >= 11 is 0. The molecule has 3 aromatic heterocycles. The molecule has 0 bridgehead atoms. The molecule has 204 valence electrons. The second kappa shape index (κ2) is 9.54. The van der Waals surface area contributed by atoms with E-state index < -0.39 is 34.8 Å². The number of hydrogen-bond acceptors (Lipinski definition) is 5. The topological polar surface area (TPSA) is 75.4 Å². The Labute approximate surface area is 224 Å². The van der Waals surface area contributed by atoms with Crippen molar-refractivity contribution >= 4 is 34.2 Å². The van der Waals surface area contributed by atoms with E-state index in [1.165, 1.54) is 12.1 Å². The van der Waals surface area contributed by atoms with E-state index >= 15 is 4.39 Å². The molecule has 1 aliphatic heterocycles. The number of aromatic nitrogens is 4. The van der Waals surface area contributed by atoms with Gasteiger partial charge in [0.2, 0.25) is 5.95 Å². The van der Waals surface area contributed by atoms with Gasteiger partial charge in [0.15, 0.2) is 5.65 Å². The summed E-state index contributed by atoms with van der Waals surface area (Å²) in [5.41, 5.74) is 1.56. The lowest BCUT2D eigenvalue weighted by Gasteiger charge is -2.31. The highest BCUT2D eigenvalue weighted by molar-refractivity contribution is 6.05. The first kappa shape index (κ1) is 25.7. The van der Waals surface area contributed by atoms with Crippen LogP contribution in [0.3, 0.4) is 0 Å². The van der Waals surface area contributed by atoms with E-state index in [1.54, 1.807) is 40.8 Å². The fourth-order valence-electron chi connectivity index (χ4n) is 4.82. The van der Waals surface area contributed by atoms with E-state index in [-0.39, 0.29) is 31.6 Å². The highest BCUT2D eigenvalue weighted by atomic mass is 19.3. The number of piperidine rings is 1. The van der Waals surface area contributed by atoms with Gasteiger partial charge >= 0.3 is 0 Å². The van der Waals surface area contributed by atoms with Gasteiger partial charge in [-0.15, -0.1) is 0 Å². The number of imidazole rings is 1. The van der Waals surface area contributed by atoms with Crippen LogP contribution in [-0.4, -0.2) is 44.3 Å². The van der Waals surface area contributed by atoms with Gasteiger partial charge in [-0.25, -0.2) is 31.9 Å². The van der Waals surface area contributed by atoms with Crippen molar-refractivity contribution in [3.8, 4) is 11.1 Å². The second-order valence-electron chi connectivity index (χ2n) is 9.67. The lowest BCUT2D eigenvalue weighted by atomic mass is 10.0. The van der Waals surface area contributed by atoms with Crippen molar-refractivity contribution < 1.29 is 26.7 Å². The Balaban J connectivity index is 1.36. The van der Waals surface area contributed by atoms with Crippen LogP contribution in [0.25, 0.3) is 27.8 Å². The fourth-order valence-corrected chi connectivity index (χ4v) is 4.82. The number of carbonyl (C=O) groups excluding carboxylic acids is 1. The van der Waals surface area contributed by atoms with Crippen molar-refractivity contribution in [3.05, 3.63) is 83.6 Å². The monoisotopic (exact) mass is 552 g/mol. The Kier molecular flexibility index (Phi) is 6.12. The maximum Gasteiger partial charge on any atom is 0.261 e. The van der Waals surface area contributed by atoms with Crippen LogP contribution < -0.4 is 10.2 Å². The molecule has 12 heteroatoms. The molecule has 0 saturated carbocycles. The number of rotatable bonds is 4. The minimum Gasteiger partial charge on any atom is -0.340 e. The molecular formula is C28H21F5N6O. The number of anilines is 2. The number of halogens is 5. The molecule has 5 aromatic rings. The second-order valence-corrected chi connectivity index (χ2v) is 9.67. The molecule has 0 radical (unpaired) electrons. The SMILES string of the molecule is Cc1cn2c(n1)c(-c1ccc(NC(=O)c3c(F)cccc3F)c(F)c1)cc1cnc(N3CCC(F)(F)CC3)nc12. The Bertz CT molecular complexity index is 1770. The van der Waals surface area contributed by atoms with Gasteiger partial charge in [0, 0.05) is 49.3 Å². The van der Waals surface area contributed by atoms with Gasteiger partial charge in [-0.3, -0.25) is 9.20 Å². The summed E-state index contributed by atoms with van der Waals surface area (Å²) in [5, 5.41) is 2.82. The molecule has 0 unspecified atom stereocenters. The van der Waals surface area contributed by atoms with Gasteiger partial charge in [0.25, 0.3) is 11.8 Å². The van der Waals surface area contributed by atoms with Crippen molar-refractivity contribution in [2.45, 2.75) is 25.7 Å². The molecule has 4 heterocycles. The maximum absolute atomic E-state index is 15.1. The first-order valence-corrected chi connectivity index (χ1v) is 12.4. The first-order valence-electron chi connectivity index (χ1n) is 12.4. The number of hydrogen-bond donors (Lipinski definition) is 1. The molecule has 1 amide bonds. The molecule has 0 aliphatic carbocycles. The molecule has 1 N–H and O–H groups in total. The highest BCUT2D eigenvalue weighted by Gasteiger charge is 2.35. The summed E-state index contributed by atoms with van der Waals surface area (Å²) in [7, 11) is 0. The Morgan fingerprint density at radius 2 is 1.68 bits per heavy atom. The number of alkyl halides is 2. The number of aryl methyl sites for hydroxylation is 1. The third-order valence-corrected chi connectivity index (χ3v) is 6.87. The zero-order valence-electron chi connectivity index (χ0n) is 21.1. The molecule has 0 spiro atoms. The fraction of sp³-hybridized carbons (Fsp3) is 0.214. The number of carbonyl (C=O) groups is 1. The zero-order chi connectivity index (χ0) is 28.2. The third-order valence-electron chi connectivity index (χ3n) is 6.87. The normalized spacial score (nSPS) is 15.1. The van der Waals surface area contributed by atoms with Crippen LogP contribution in [0.2, 0.25) is 0 Å². The van der Waals surface area contributed by atoms with Crippen LogP contribution >= 0.6 is 0 Å². The van der Waals surface area contributed by atoms with Crippen molar-refractivity contribution in [1.82, 2.24) is 19.4 Å². The molecule has 1 aliphatic rings. The summed E-state index contributed by atoms with van der Waals surface area (Å²) in [6.45, 7) is 2.06. The van der Waals surface area contributed by atoms with Crippen LogP contribution in [0.4, 0.5) is 33.6 Å². The Hall–Kier alpha value is -4.61. The molecule has 1 saturated heterocycles. The maximum atomic E-state index is 15.1. The van der Waals surface area contributed by atoms with Gasteiger partial charge in [-0.1, -0.05) is 12.1 Å². The van der Waals surface area contributed by atoms with Gasteiger partial charge in [-0.05, 0) is 42.8 Å². The van der Waals surface area contributed by atoms with Crippen molar-refractivity contribution in [2.24, 2.45) is 0 Å². The molecular weight excluding hydrogens is 531 g/mol. The zero-order valence-corrected chi connectivity index (χ0v) is 21.1. The van der Waals surface area contributed by atoms with Crippen LogP contribution in [-0.2, 0) is 0 Å². The highest BCUT2D eigenvalue weighted by Crippen LogP contribution is 2.33. The van der Waals surface area contributed by atoms with E-state index in [4.69, 9.17) is 0 Å². The number of amides is 1. The number of nitrogens with zero attached hydrogens (tertiary/aromatic N) is 5. The third kappa shape index (κ3) is 4.59. The summed E-state index contributed by atoms with van der Waals surface area (Å²) in [6, 6.07) is 8.77. The van der Waals surface area contributed by atoms with Gasteiger partial charge < -0.3 is 10.2 Å². The first-order chi connectivity index (χ1) is 19.1. The van der Waals surface area contributed by atoms with Gasteiger partial charge in [0.1, 0.15) is 28.7 Å². The van der Waals surface area contributed by atoms with Crippen molar-refractivity contribution in [3.63, 3.8) is 0 Å². The largest absolute Gasteiger partial charge is 0.340 e. The van der Waals surface area contributed by atoms with E-state index in [0.29, 0.717) is 39.4 Å². The molecule has 2 aromatic carbocycles. The van der Waals surface area contributed by atoms with Crippen LogP contribution in [0, 0.1) is 24.4 Å². The molecule has 0 atom stereocenters. The predicted octanol–water partition coefficient (Wildman–Crippen LogP) is 6.16. The summed E-state index contributed by atoms with van der Waals surface area (Å²) in [4.78, 5) is 27.8. The quantitative estimate of drug-likeness (QED) is 0.271. The summed E-state index contributed by atoms with van der Waals surface area (Å²) in [5.74, 6) is -6.43. The van der Waals surface area contributed by atoms with E-state index in [2.05, 4.69) is 20.3 Å².